The molecule has 5 rings (SSSR count). The van der Waals surface area contributed by atoms with E-state index in [2.05, 4.69) is 0 Å². The van der Waals surface area contributed by atoms with E-state index in [1.165, 1.54) is 0 Å². The molecule has 1 aliphatic heterocycles. The van der Waals surface area contributed by atoms with E-state index in [0.29, 0.717) is 22.9 Å². The van der Waals surface area contributed by atoms with Gasteiger partial charge < -0.3 is 10.0 Å². The number of piperidine rings is 1. The van der Waals surface area contributed by atoms with Crippen LogP contribution in [0, 0.1) is 17.2 Å². The lowest BCUT2D eigenvalue weighted by molar-refractivity contribution is -0.160. The third-order valence-electron chi connectivity index (χ3n) is 8.27. The molecule has 4 atom stereocenters. The Balaban J connectivity index is 1.69. The Morgan fingerprint density at radius 1 is 1.02 bits per heavy atom. The largest absolute Gasteiger partial charge is 0.481 e. The van der Waals surface area contributed by atoms with Crippen LogP contribution in [0.15, 0.2) is 71.6 Å². The number of carbonyl (C=O) groups is 2. The van der Waals surface area contributed by atoms with Crippen molar-refractivity contribution >= 4 is 56.5 Å². The van der Waals surface area contributed by atoms with E-state index in [9.17, 15) is 27.5 Å². The monoisotopic (exact) mass is 651 g/mol. The summed E-state index contributed by atoms with van der Waals surface area (Å²) in [5, 5.41) is 10.6. The van der Waals surface area contributed by atoms with E-state index in [0.717, 1.165) is 29.3 Å². The van der Waals surface area contributed by atoms with Gasteiger partial charge in [0.05, 0.1) is 33.5 Å². The molecule has 1 heterocycles. The van der Waals surface area contributed by atoms with Gasteiger partial charge in [-0.25, -0.2) is 12.8 Å². The second-order valence-electron chi connectivity index (χ2n) is 11.5. The number of rotatable bonds is 9. The maximum absolute atomic E-state index is 14.5. The molecule has 11 heteroatoms. The van der Waals surface area contributed by atoms with Crippen molar-refractivity contribution in [3.8, 4) is 0 Å². The zero-order valence-corrected chi connectivity index (χ0v) is 25.7. The molecular weight excluding hydrogens is 624 g/mol. The van der Waals surface area contributed by atoms with Crippen LogP contribution < -0.4 is 0 Å². The fourth-order valence-electron chi connectivity index (χ4n) is 6.21. The normalized spacial score (nSPS) is 23.5. The van der Waals surface area contributed by atoms with Gasteiger partial charge in [-0.1, -0.05) is 66.0 Å². The summed E-state index contributed by atoms with van der Waals surface area (Å²) in [7, 11) is -4.10. The quantitative estimate of drug-likeness (QED) is 0.241. The number of halogens is 4. The van der Waals surface area contributed by atoms with Gasteiger partial charge in [-0.15, -0.1) is 0 Å². The number of carboxylic acid groups (broad SMARTS) is 1. The summed E-state index contributed by atoms with van der Waals surface area (Å²) >= 11 is 18.8. The lowest BCUT2D eigenvalue weighted by atomic mass is 9.67. The van der Waals surface area contributed by atoms with E-state index in [4.69, 9.17) is 34.8 Å². The molecule has 0 radical (unpaired) electrons. The predicted octanol–water partition coefficient (Wildman–Crippen LogP) is 7.58. The molecule has 222 valence electrons. The fraction of sp³-hybridized carbons (Fsp3) is 0.355. The number of carbonyl (C=O) groups excluding carboxylic acids is 1. The number of amides is 1. The number of hydrogen-bond donors (Lipinski definition) is 1. The van der Waals surface area contributed by atoms with Crippen LogP contribution in [0.2, 0.25) is 15.1 Å². The molecule has 0 aromatic heterocycles. The van der Waals surface area contributed by atoms with Crippen LogP contribution in [0.4, 0.5) is 4.39 Å². The highest BCUT2D eigenvalue weighted by Crippen LogP contribution is 2.54. The fourth-order valence-corrected chi connectivity index (χ4v) is 8.75. The smallest absolute Gasteiger partial charge is 0.304 e. The van der Waals surface area contributed by atoms with Crippen LogP contribution in [-0.2, 0) is 19.4 Å². The number of benzene rings is 3. The molecule has 0 spiro atoms. The molecule has 1 saturated carbocycles. The molecule has 1 aliphatic carbocycles. The molecule has 1 saturated heterocycles. The highest BCUT2D eigenvalue weighted by atomic mass is 35.5. The van der Waals surface area contributed by atoms with Gasteiger partial charge in [0.25, 0.3) is 0 Å². The summed E-state index contributed by atoms with van der Waals surface area (Å²) in [6, 6.07) is 15.9. The number of sulfone groups is 1. The summed E-state index contributed by atoms with van der Waals surface area (Å²) < 4.78 is 41.4. The molecule has 3 aromatic carbocycles. The molecule has 4 unspecified atom stereocenters. The average Bonchev–Trinajstić information content (AvgIpc) is 3.74. The van der Waals surface area contributed by atoms with Gasteiger partial charge in [0.2, 0.25) is 5.91 Å². The number of hydrogen-bond acceptors (Lipinski definition) is 4. The molecule has 3 aromatic rings. The summed E-state index contributed by atoms with van der Waals surface area (Å²) in [4.78, 5) is 28.0. The van der Waals surface area contributed by atoms with Gasteiger partial charge in [-0.05, 0) is 78.8 Å². The molecule has 0 bridgehead atoms. The lowest BCUT2D eigenvalue weighted by Crippen LogP contribution is -2.58. The summed E-state index contributed by atoms with van der Waals surface area (Å²) in [6.45, 7) is 1.63. The number of likely N-dealkylation sites (tertiary alicyclic amines) is 1. The second-order valence-corrected chi connectivity index (χ2v) is 14.7. The highest BCUT2D eigenvalue weighted by Gasteiger charge is 2.55. The summed E-state index contributed by atoms with van der Waals surface area (Å²) in [5.41, 5.74) is 0.208. The summed E-state index contributed by atoms with van der Waals surface area (Å²) in [5.74, 6) is -3.23. The van der Waals surface area contributed by atoms with Crippen molar-refractivity contribution in [3.63, 3.8) is 0 Å². The zero-order chi connectivity index (χ0) is 30.4. The highest BCUT2D eigenvalue weighted by molar-refractivity contribution is 7.91. The van der Waals surface area contributed by atoms with E-state index in [1.54, 1.807) is 54.3 Å². The van der Waals surface area contributed by atoms with Crippen LogP contribution in [0.3, 0.4) is 0 Å². The molecule has 1 amide bonds. The zero-order valence-electron chi connectivity index (χ0n) is 22.6. The van der Waals surface area contributed by atoms with Gasteiger partial charge in [0, 0.05) is 22.0 Å². The van der Waals surface area contributed by atoms with Crippen LogP contribution in [0.1, 0.15) is 55.7 Å². The van der Waals surface area contributed by atoms with Crippen molar-refractivity contribution in [1.82, 2.24) is 4.90 Å². The molecular formula is C31H29Cl3FNO5S. The van der Waals surface area contributed by atoms with Gasteiger partial charge in [-0.2, -0.15) is 0 Å². The Morgan fingerprint density at radius 2 is 1.71 bits per heavy atom. The number of aliphatic carboxylic acids is 1. The van der Waals surface area contributed by atoms with E-state index in [-0.39, 0.29) is 22.3 Å². The van der Waals surface area contributed by atoms with Crippen molar-refractivity contribution in [2.45, 2.75) is 55.5 Å². The Morgan fingerprint density at radius 3 is 2.31 bits per heavy atom. The van der Waals surface area contributed by atoms with Gasteiger partial charge >= 0.3 is 5.97 Å². The van der Waals surface area contributed by atoms with Crippen LogP contribution in [0.5, 0.6) is 0 Å². The lowest BCUT2D eigenvalue weighted by Gasteiger charge is -2.52. The number of nitrogens with zero attached hydrogens (tertiary/aromatic N) is 1. The Hall–Kier alpha value is -2.65. The van der Waals surface area contributed by atoms with Crippen molar-refractivity contribution < 1.29 is 27.5 Å². The summed E-state index contributed by atoms with van der Waals surface area (Å²) in [6.07, 6.45) is 1.18. The second kappa shape index (κ2) is 11.8. The molecule has 1 N–H and O–H groups in total. The Labute approximate surface area is 259 Å². The first-order chi connectivity index (χ1) is 19.8. The van der Waals surface area contributed by atoms with Crippen molar-refractivity contribution in [1.29, 1.82) is 0 Å². The first-order valence-corrected chi connectivity index (χ1v) is 16.3. The Bertz CT molecular complexity index is 1630. The first kappa shape index (κ1) is 30.8. The molecule has 2 fully saturated rings. The first-order valence-electron chi connectivity index (χ1n) is 13.5. The molecule has 2 aliphatic rings. The van der Waals surface area contributed by atoms with Crippen molar-refractivity contribution in [2.75, 3.05) is 5.75 Å². The van der Waals surface area contributed by atoms with Gasteiger partial charge in [0.15, 0.2) is 9.84 Å². The van der Waals surface area contributed by atoms with Crippen LogP contribution in [-0.4, -0.2) is 42.1 Å². The topological polar surface area (TPSA) is 91.8 Å². The van der Waals surface area contributed by atoms with Crippen molar-refractivity contribution in [3.05, 3.63) is 98.7 Å². The van der Waals surface area contributed by atoms with E-state index >= 15 is 0 Å². The maximum Gasteiger partial charge on any atom is 0.304 e. The molecule has 6 nitrogen and oxygen atoms in total. The number of carboxylic acids is 1. The standard InChI is InChI=1S/C31H29Cl3FNO5S/c1-31(16-28(37)38)15-24(20-3-2-4-22(33)13-20)29(19-7-9-21(32)10-8-19)36(30(31)39)26(18-5-6-18)17-42(40,41)27-12-11-23(35)14-25(27)34/h2-4,7-14,18,24,26,29H,5-6,15-17H2,1H3,(H,37,38). The maximum atomic E-state index is 14.5. The Kier molecular flexibility index (Phi) is 8.65. The third kappa shape index (κ3) is 6.32. The minimum Gasteiger partial charge on any atom is -0.481 e. The molecule has 42 heavy (non-hydrogen) atoms. The van der Waals surface area contributed by atoms with Crippen LogP contribution in [0.25, 0.3) is 0 Å². The minimum atomic E-state index is -4.10. The third-order valence-corrected chi connectivity index (χ3v) is 11.0. The van der Waals surface area contributed by atoms with Gasteiger partial charge in [-0.3, -0.25) is 9.59 Å². The van der Waals surface area contributed by atoms with Crippen molar-refractivity contribution in [2.24, 2.45) is 11.3 Å². The predicted molar refractivity (Wildman–Crippen MR) is 160 cm³/mol. The van der Waals surface area contributed by atoms with Gasteiger partial charge in [0.1, 0.15) is 5.82 Å². The average molecular weight is 653 g/mol. The SMILES string of the molecule is CC1(CC(=O)O)CC(c2cccc(Cl)c2)C(c2ccc(Cl)cc2)N(C(CS(=O)(=O)c2ccc(F)cc2Cl)C2CC2)C1=O. The van der Waals surface area contributed by atoms with E-state index < -0.39 is 63.1 Å². The van der Waals surface area contributed by atoms with Crippen LogP contribution >= 0.6 is 34.8 Å². The van der Waals surface area contributed by atoms with E-state index in [1.807, 2.05) is 6.07 Å². The minimum absolute atomic E-state index is 0.134.